The molecule has 12 heteroatoms. The van der Waals surface area contributed by atoms with E-state index >= 15 is 0 Å². The molecule has 0 spiro atoms. The van der Waals surface area contributed by atoms with Gasteiger partial charge in [-0.15, -0.1) is 11.3 Å². The molecule has 0 saturated carbocycles. The summed E-state index contributed by atoms with van der Waals surface area (Å²) in [6.07, 6.45) is 1.21. The predicted octanol–water partition coefficient (Wildman–Crippen LogP) is 3.89. The summed E-state index contributed by atoms with van der Waals surface area (Å²) in [7, 11) is 1.33. The maximum absolute atomic E-state index is 12.1. The van der Waals surface area contributed by atoms with E-state index in [2.05, 4.69) is 25.6 Å². The SMILES string of the molecule is COC(=N)c1c(N)ncnc1Oc1ccc(NC(=O)Nc2nc(C)cs2)c(Cl)c1. The van der Waals surface area contributed by atoms with Crippen LogP contribution in [0.5, 0.6) is 11.6 Å². The van der Waals surface area contributed by atoms with Gasteiger partial charge in [-0.25, -0.2) is 19.7 Å². The van der Waals surface area contributed by atoms with Crippen molar-refractivity contribution >= 4 is 51.5 Å². The van der Waals surface area contributed by atoms with Gasteiger partial charge >= 0.3 is 6.03 Å². The molecule has 3 aromatic rings. The number of benzene rings is 1. The van der Waals surface area contributed by atoms with E-state index in [0.29, 0.717) is 16.6 Å². The predicted molar refractivity (Wildman–Crippen MR) is 111 cm³/mol. The van der Waals surface area contributed by atoms with E-state index in [-0.39, 0.29) is 28.2 Å². The molecule has 0 radical (unpaired) electrons. The van der Waals surface area contributed by atoms with Gasteiger partial charge in [-0.2, -0.15) is 0 Å². The lowest BCUT2D eigenvalue weighted by Gasteiger charge is -2.13. The van der Waals surface area contributed by atoms with Gasteiger partial charge in [-0.1, -0.05) is 11.6 Å². The van der Waals surface area contributed by atoms with Crippen molar-refractivity contribution in [2.45, 2.75) is 6.92 Å². The number of thiazole rings is 1. The molecule has 10 nitrogen and oxygen atoms in total. The molecule has 0 atom stereocenters. The molecule has 29 heavy (non-hydrogen) atoms. The fourth-order valence-corrected chi connectivity index (χ4v) is 3.11. The summed E-state index contributed by atoms with van der Waals surface area (Å²) >= 11 is 7.56. The highest BCUT2D eigenvalue weighted by Gasteiger charge is 2.18. The van der Waals surface area contributed by atoms with Gasteiger partial charge in [0.1, 0.15) is 23.5 Å². The number of nitrogens with one attached hydrogen (secondary N) is 3. The molecule has 2 amide bonds. The van der Waals surface area contributed by atoms with Crippen LogP contribution >= 0.6 is 22.9 Å². The van der Waals surface area contributed by atoms with Gasteiger partial charge in [0, 0.05) is 11.4 Å². The monoisotopic (exact) mass is 433 g/mol. The number of halogens is 1. The van der Waals surface area contributed by atoms with Crippen LogP contribution in [-0.2, 0) is 4.74 Å². The molecule has 0 unspecified atom stereocenters. The minimum Gasteiger partial charge on any atom is -0.481 e. The number of nitrogens with zero attached hydrogens (tertiary/aromatic N) is 3. The number of amides is 2. The highest BCUT2D eigenvalue weighted by Crippen LogP contribution is 2.31. The largest absolute Gasteiger partial charge is 0.481 e. The van der Waals surface area contributed by atoms with Crippen molar-refractivity contribution in [3.8, 4) is 11.6 Å². The second-order valence-electron chi connectivity index (χ2n) is 5.59. The summed E-state index contributed by atoms with van der Waals surface area (Å²) in [5, 5.41) is 15.6. The molecule has 5 N–H and O–H groups in total. The van der Waals surface area contributed by atoms with Gasteiger partial charge in [-0.3, -0.25) is 10.7 Å². The van der Waals surface area contributed by atoms with Crippen LogP contribution in [0, 0.1) is 12.3 Å². The molecule has 3 rings (SSSR count). The zero-order chi connectivity index (χ0) is 21.0. The van der Waals surface area contributed by atoms with Crippen LogP contribution < -0.4 is 21.1 Å². The maximum Gasteiger partial charge on any atom is 0.325 e. The van der Waals surface area contributed by atoms with E-state index in [1.807, 2.05) is 12.3 Å². The normalized spacial score (nSPS) is 10.3. The summed E-state index contributed by atoms with van der Waals surface area (Å²) in [4.78, 5) is 24.1. The number of aryl methyl sites for hydroxylation is 1. The number of carbonyl (C=O) groups is 1. The van der Waals surface area contributed by atoms with Crippen molar-refractivity contribution in [3.63, 3.8) is 0 Å². The van der Waals surface area contributed by atoms with E-state index in [1.54, 1.807) is 12.1 Å². The van der Waals surface area contributed by atoms with E-state index in [9.17, 15) is 4.79 Å². The van der Waals surface area contributed by atoms with Gasteiger partial charge in [0.25, 0.3) is 0 Å². The minimum atomic E-state index is -0.477. The Morgan fingerprint density at radius 3 is 2.76 bits per heavy atom. The topological polar surface area (TPSA) is 148 Å². The Morgan fingerprint density at radius 2 is 2.10 bits per heavy atom. The number of nitrogens with two attached hydrogens (primary N) is 1. The molecular weight excluding hydrogens is 418 g/mol. The summed E-state index contributed by atoms with van der Waals surface area (Å²) in [5.41, 5.74) is 7.09. The molecule has 1 aromatic carbocycles. The lowest BCUT2D eigenvalue weighted by molar-refractivity contribution is 0.262. The number of aromatic nitrogens is 3. The average molecular weight is 434 g/mol. The fourth-order valence-electron chi connectivity index (χ4n) is 2.21. The smallest absolute Gasteiger partial charge is 0.325 e. The van der Waals surface area contributed by atoms with Crippen molar-refractivity contribution in [2.75, 3.05) is 23.5 Å². The highest BCUT2D eigenvalue weighted by atomic mass is 35.5. The van der Waals surface area contributed by atoms with E-state index in [0.717, 1.165) is 5.69 Å². The lowest BCUT2D eigenvalue weighted by atomic mass is 10.2. The van der Waals surface area contributed by atoms with Crippen molar-refractivity contribution in [1.82, 2.24) is 15.0 Å². The molecule has 0 saturated heterocycles. The molecule has 0 fully saturated rings. The fraction of sp³-hybridized carbons (Fsp3) is 0.118. The lowest BCUT2D eigenvalue weighted by Crippen LogP contribution is -2.19. The molecule has 150 valence electrons. The number of anilines is 3. The Hall–Kier alpha value is -3.44. The third-order valence-electron chi connectivity index (χ3n) is 3.52. The molecule has 0 aliphatic heterocycles. The molecule has 2 aromatic heterocycles. The van der Waals surface area contributed by atoms with E-state index in [1.165, 1.54) is 30.8 Å². The number of hydrogen-bond acceptors (Lipinski definition) is 9. The Balaban J connectivity index is 1.74. The van der Waals surface area contributed by atoms with Crippen LogP contribution in [-0.4, -0.2) is 34.0 Å². The third-order valence-corrected chi connectivity index (χ3v) is 4.70. The Morgan fingerprint density at radius 1 is 1.31 bits per heavy atom. The van der Waals surface area contributed by atoms with Crippen molar-refractivity contribution in [2.24, 2.45) is 0 Å². The van der Waals surface area contributed by atoms with Gasteiger partial charge in [0.05, 0.1) is 23.5 Å². The van der Waals surface area contributed by atoms with Crippen LogP contribution in [0.2, 0.25) is 5.02 Å². The Kier molecular flexibility index (Phi) is 6.10. The van der Waals surface area contributed by atoms with Gasteiger partial charge in [-0.05, 0) is 19.1 Å². The quantitative estimate of drug-likeness (QED) is 0.352. The van der Waals surface area contributed by atoms with Crippen LogP contribution in [0.3, 0.4) is 0 Å². The van der Waals surface area contributed by atoms with E-state index in [4.69, 9.17) is 32.2 Å². The first-order chi connectivity index (χ1) is 13.9. The number of urea groups is 1. The standard InChI is InChI=1S/C17H16ClN7O3S/c1-8-6-29-17(23-8)25-16(26)24-11-4-3-9(5-10(11)18)28-15-12(14(20)27-2)13(19)21-7-22-15/h3-7,20H,1-2H3,(H2,19,21,22)(H2,23,24,25,26). The van der Waals surface area contributed by atoms with Crippen LogP contribution in [0.4, 0.5) is 21.4 Å². The second-order valence-corrected chi connectivity index (χ2v) is 6.85. The number of rotatable bonds is 5. The molecule has 2 heterocycles. The van der Waals surface area contributed by atoms with Gasteiger partial charge < -0.3 is 20.5 Å². The van der Waals surface area contributed by atoms with Crippen LogP contribution in [0.1, 0.15) is 11.3 Å². The molecular formula is C17H16ClN7O3S. The summed E-state index contributed by atoms with van der Waals surface area (Å²) < 4.78 is 10.6. The van der Waals surface area contributed by atoms with Crippen molar-refractivity contribution < 1.29 is 14.3 Å². The molecule has 0 aliphatic rings. The first-order valence-corrected chi connectivity index (χ1v) is 9.34. The second kappa shape index (κ2) is 8.71. The van der Waals surface area contributed by atoms with E-state index < -0.39 is 6.03 Å². The minimum absolute atomic E-state index is 0.0398. The zero-order valence-electron chi connectivity index (χ0n) is 15.3. The Labute approximate surface area is 174 Å². The number of carbonyl (C=O) groups excluding carboxylic acids is 1. The van der Waals surface area contributed by atoms with Crippen LogP contribution in [0.15, 0.2) is 29.9 Å². The number of methoxy groups -OCH3 is 1. The average Bonchev–Trinajstić information content (AvgIpc) is 3.08. The van der Waals surface area contributed by atoms with Gasteiger partial charge in [0.15, 0.2) is 5.13 Å². The highest BCUT2D eigenvalue weighted by molar-refractivity contribution is 7.13. The summed E-state index contributed by atoms with van der Waals surface area (Å²) in [5.74, 6) is 0.162. The third kappa shape index (κ3) is 4.89. The number of hydrogen-bond donors (Lipinski definition) is 4. The molecule has 0 bridgehead atoms. The molecule has 0 aliphatic carbocycles. The maximum atomic E-state index is 12.1. The van der Waals surface area contributed by atoms with Crippen molar-refractivity contribution in [1.29, 1.82) is 5.41 Å². The Bertz CT molecular complexity index is 1070. The summed E-state index contributed by atoms with van der Waals surface area (Å²) in [6.45, 7) is 1.83. The number of ether oxygens (including phenoxy) is 2. The first-order valence-electron chi connectivity index (χ1n) is 8.08. The summed E-state index contributed by atoms with van der Waals surface area (Å²) in [6, 6.07) is 4.15. The van der Waals surface area contributed by atoms with Crippen molar-refractivity contribution in [3.05, 3.63) is 46.2 Å². The van der Waals surface area contributed by atoms with Crippen LogP contribution in [0.25, 0.3) is 0 Å². The first kappa shape index (κ1) is 20.3. The zero-order valence-corrected chi connectivity index (χ0v) is 16.9. The number of nitrogen functional groups attached to an aromatic ring is 1. The van der Waals surface area contributed by atoms with Gasteiger partial charge in [0.2, 0.25) is 11.8 Å².